The molecule has 0 spiro atoms. The molecule has 0 saturated heterocycles. The number of aryl methyl sites for hydroxylation is 1. The average Bonchev–Trinajstić information content (AvgIpc) is 3.26. The Hall–Kier alpha value is -1.88. The Morgan fingerprint density at radius 3 is 2.76 bits per heavy atom. The number of carbonyl (C=O) groups excluding carboxylic acids is 1. The summed E-state index contributed by atoms with van der Waals surface area (Å²) in [6, 6.07) is 10.4. The summed E-state index contributed by atoms with van der Waals surface area (Å²) in [6.07, 6.45) is 2.20. The molecule has 4 nitrogen and oxygen atoms in total. The van der Waals surface area contributed by atoms with Crippen molar-refractivity contribution in [3.63, 3.8) is 0 Å². The molecule has 5 heteroatoms. The van der Waals surface area contributed by atoms with Crippen LogP contribution in [0.3, 0.4) is 0 Å². The standard InChI is InChI=1S/C16H19N3OS/c1-12-18-14(11-21-12)10-19(15-7-8-15)16(20)17-9-13-5-3-2-4-6-13/h2-6,11,15H,7-10H2,1H3,(H,17,20). The summed E-state index contributed by atoms with van der Waals surface area (Å²) in [5, 5.41) is 6.09. The monoisotopic (exact) mass is 301 g/mol. The lowest BCUT2D eigenvalue weighted by molar-refractivity contribution is 0.191. The molecule has 1 N–H and O–H groups in total. The van der Waals surface area contributed by atoms with Crippen LogP contribution in [-0.2, 0) is 13.1 Å². The van der Waals surface area contributed by atoms with Crippen LogP contribution in [0, 0.1) is 6.92 Å². The van der Waals surface area contributed by atoms with Gasteiger partial charge in [0.2, 0.25) is 0 Å². The number of amides is 2. The lowest BCUT2D eigenvalue weighted by atomic mass is 10.2. The third-order valence-electron chi connectivity index (χ3n) is 3.53. The normalized spacial score (nSPS) is 14.0. The maximum Gasteiger partial charge on any atom is 0.318 e. The number of benzene rings is 1. The van der Waals surface area contributed by atoms with Crippen molar-refractivity contribution in [1.82, 2.24) is 15.2 Å². The van der Waals surface area contributed by atoms with Gasteiger partial charge in [0, 0.05) is 18.0 Å². The summed E-state index contributed by atoms with van der Waals surface area (Å²) in [7, 11) is 0. The molecule has 21 heavy (non-hydrogen) atoms. The van der Waals surface area contributed by atoms with Crippen molar-refractivity contribution in [3.8, 4) is 0 Å². The molecule has 0 unspecified atom stereocenters. The largest absolute Gasteiger partial charge is 0.334 e. The lowest BCUT2D eigenvalue weighted by Gasteiger charge is -2.22. The quantitative estimate of drug-likeness (QED) is 0.920. The van der Waals surface area contributed by atoms with Crippen LogP contribution in [0.25, 0.3) is 0 Å². The van der Waals surface area contributed by atoms with Crippen LogP contribution in [-0.4, -0.2) is 22.0 Å². The summed E-state index contributed by atoms with van der Waals surface area (Å²) in [4.78, 5) is 18.8. The zero-order valence-electron chi connectivity index (χ0n) is 12.1. The molecule has 3 rings (SSSR count). The first-order valence-corrected chi connectivity index (χ1v) is 8.10. The van der Waals surface area contributed by atoms with Gasteiger partial charge in [-0.1, -0.05) is 30.3 Å². The topological polar surface area (TPSA) is 45.2 Å². The van der Waals surface area contributed by atoms with Crippen LogP contribution in [0.2, 0.25) is 0 Å². The van der Waals surface area contributed by atoms with Gasteiger partial charge in [0.1, 0.15) is 0 Å². The Balaban J connectivity index is 1.59. The molecule has 1 aliphatic rings. The molecule has 1 aromatic heterocycles. The van der Waals surface area contributed by atoms with Gasteiger partial charge in [-0.25, -0.2) is 9.78 Å². The Morgan fingerprint density at radius 1 is 1.38 bits per heavy atom. The molecule has 0 aliphatic heterocycles. The smallest absolute Gasteiger partial charge is 0.318 e. The molecular weight excluding hydrogens is 282 g/mol. The predicted octanol–water partition coefficient (Wildman–Crippen LogP) is 3.33. The molecule has 0 radical (unpaired) electrons. The van der Waals surface area contributed by atoms with Gasteiger partial charge in [0.15, 0.2) is 0 Å². The molecular formula is C16H19N3OS. The number of aromatic nitrogens is 1. The zero-order valence-corrected chi connectivity index (χ0v) is 12.9. The number of nitrogens with one attached hydrogen (secondary N) is 1. The number of rotatable bonds is 5. The van der Waals surface area contributed by atoms with Crippen LogP contribution in [0.15, 0.2) is 35.7 Å². The van der Waals surface area contributed by atoms with Crippen LogP contribution in [0.1, 0.15) is 29.1 Å². The van der Waals surface area contributed by atoms with Gasteiger partial charge in [-0.2, -0.15) is 0 Å². The summed E-state index contributed by atoms with van der Waals surface area (Å²) >= 11 is 1.63. The van der Waals surface area contributed by atoms with Crippen molar-refractivity contribution < 1.29 is 4.79 Å². The van der Waals surface area contributed by atoms with E-state index in [2.05, 4.69) is 10.3 Å². The molecule has 1 aliphatic carbocycles. The second kappa shape index (κ2) is 6.26. The molecule has 0 bridgehead atoms. The first kappa shape index (κ1) is 14.1. The number of thiazole rings is 1. The molecule has 0 atom stereocenters. The Kier molecular flexibility index (Phi) is 4.20. The Morgan fingerprint density at radius 2 is 2.14 bits per heavy atom. The maximum absolute atomic E-state index is 12.4. The van der Waals surface area contributed by atoms with Crippen LogP contribution in [0.5, 0.6) is 0 Å². The van der Waals surface area contributed by atoms with Gasteiger partial charge in [0.25, 0.3) is 0 Å². The van der Waals surface area contributed by atoms with Gasteiger partial charge in [-0.05, 0) is 25.3 Å². The number of hydrogen-bond donors (Lipinski definition) is 1. The summed E-state index contributed by atoms with van der Waals surface area (Å²) < 4.78 is 0. The molecule has 110 valence electrons. The highest BCUT2D eigenvalue weighted by Crippen LogP contribution is 2.28. The van der Waals surface area contributed by atoms with Gasteiger partial charge in [0.05, 0.1) is 17.2 Å². The van der Waals surface area contributed by atoms with Gasteiger partial charge < -0.3 is 10.2 Å². The molecule has 1 saturated carbocycles. The van der Waals surface area contributed by atoms with Crippen molar-refractivity contribution in [2.24, 2.45) is 0 Å². The van der Waals surface area contributed by atoms with E-state index in [4.69, 9.17) is 0 Å². The first-order valence-electron chi connectivity index (χ1n) is 7.22. The predicted molar refractivity (Wildman–Crippen MR) is 84.1 cm³/mol. The average molecular weight is 301 g/mol. The number of nitrogens with zero attached hydrogens (tertiary/aromatic N) is 2. The summed E-state index contributed by atoms with van der Waals surface area (Å²) in [6.45, 7) is 3.17. The fourth-order valence-corrected chi connectivity index (χ4v) is 2.89. The summed E-state index contributed by atoms with van der Waals surface area (Å²) in [5.41, 5.74) is 2.10. The van der Waals surface area contributed by atoms with Crippen LogP contribution in [0.4, 0.5) is 4.79 Å². The van der Waals surface area contributed by atoms with Crippen LogP contribution < -0.4 is 5.32 Å². The maximum atomic E-state index is 12.4. The molecule has 2 amide bonds. The van der Waals surface area contributed by atoms with E-state index in [1.54, 1.807) is 11.3 Å². The summed E-state index contributed by atoms with van der Waals surface area (Å²) in [5.74, 6) is 0. The fraction of sp³-hybridized carbons (Fsp3) is 0.375. The van der Waals surface area contributed by atoms with Crippen molar-refractivity contribution in [1.29, 1.82) is 0 Å². The second-order valence-electron chi connectivity index (χ2n) is 5.36. The van der Waals surface area contributed by atoms with E-state index in [-0.39, 0.29) is 6.03 Å². The van der Waals surface area contributed by atoms with Crippen molar-refractivity contribution >= 4 is 17.4 Å². The highest BCUT2D eigenvalue weighted by Gasteiger charge is 2.32. The zero-order chi connectivity index (χ0) is 14.7. The van der Waals surface area contributed by atoms with E-state index in [1.807, 2.05) is 47.5 Å². The molecule has 1 fully saturated rings. The molecule has 1 aromatic carbocycles. The lowest BCUT2D eigenvalue weighted by Crippen LogP contribution is -2.40. The highest BCUT2D eigenvalue weighted by atomic mass is 32.1. The van der Waals surface area contributed by atoms with Crippen molar-refractivity contribution in [3.05, 3.63) is 52.0 Å². The SMILES string of the molecule is Cc1nc(CN(C(=O)NCc2ccccc2)C2CC2)cs1. The fourth-order valence-electron chi connectivity index (χ4n) is 2.28. The first-order chi connectivity index (χ1) is 10.2. The number of urea groups is 1. The van der Waals surface area contributed by atoms with Gasteiger partial charge in [-0.15, -0.1) is 11.3 Å². The third kappa shape index (κ3) is 3.82. The van der Waals surface area contributed by atoms with E-state index in [9.17, 15) is 4.79 Å². The highest BCUT2D eigenvalue weighted by molar-refractivity contribution is 7.09. The van der Waals surface area contributed by atoms with Gasteiger partial charge in [-0.3, -0.25) is 0 Å². The van der Waals surface area contributed by atoms with E-state index < -0.39 is 0 Å². The molecule has 2 aromatic rings. The minimum atomic E-state index is 0.00649. The second-order valence-corrected chi connectivity index (χ2v) is 6.42. The number of hydrogen-bond acceptors (Lipinski definition) is 3. The number of carbonyl (C=O) groups is 1. The van der Waals surface area contributed by atoms with Crippen LogP contribution >= 0.6 is 11.3 Å². The Bertz CT molecular complexity index is 607. The Labute approximate surface area is 128 Å². The van der Waals surface area contributed by atoms with E-state index in [1.165, 1.54) is 0 Å². The minimum Gasteiger partial charge on any atom is -0.334 e. The van der Waals surface area contributed by atoms with E-state index >= 15 is 0 Å². The minimum absolute atomic E-state index is 0.00649. The van der Waals surface area contributed by atoms with Gasteiger partial charge >= 0.3 is 6.03 Å². The van der Waals surface area contributed by atoms with Crippen molar-refractivity contribution in [2.45, 2.75) is 38.9 Å². The third-order valence-corrected chi connectivity index (χ3v) is 4.36. The van der Waals surface area contributed by atoms with Crippen molar-refractivity contribution in [2.75, 3.05) is 0 Å². The van der Waals surface area contributed by atoms with E-state index in [0.717, 1.165) is 29.1 Å². The molecule has 1 heterocycles. The van der Waals surface area contributed by atoms with E-state index in [0.29, 0.717) is 19.1 Å².